The minimum absolute atomic E-state index is 0.197. The molecular weight excluding hydrogens is 416 g/mol. The summed E-state index contributed by atoms with van der Waals surface area (Å²) in [4.78, 5) is 15.4. The van der Waals surface area contributed by atoms with Crippen LogP contribution in [0.3, 0.4) is 0 Å². The van der Waals surface area contributed by atoms with Crippen LogP contribution in [0.15, 0.2) is 66.9 Å². The van der Waals surface area contributed by atoms with Gasteiger partial charge in [-0.3, -0.25) is 9.69 Å². The van der Waals surface area contributed by atoms with E-state index in [2.05, 4.69) is 33.5 Å². The molecule has 7 nitrogen and oxygen atoms in total. The van der Waals surface area contributed by atoms with Crippen molar-refractivity contribution in [1.82, 2.24) is 14.7 Å². The van der Waals surface area contributed by atoms with Crippen molar-refractivity contribution >= 4 is 11.7 Å². The first-order valence-corrected chi connectivity index (χ1v) is 11.5. The Bertz CT molecular complexity index is 1030. The summed E-state index contributed by atoms with van der Waals surface area (Å²) < 4.78 is 13.0. The molecule has 3 aromatic rings. The van der Waals surface area contributed by atoms with Crippen LogP contribution < -0.4 is 10.1 Å². The minimum atomic E-state index is -0.663. The maximum atomic E-state index is 12.9. The van der Waals surface area contributed by atoms with E-state index in [1.54, 1.807) is 13.3 Å². The average molecular weight is 449 g/mol. The van der Waals surface area contributed by atoms with Gasteiger partial charge in [0.05, 0.1) is 18.8 Å². The van der Waals surface area contributed by atoms with Crippen molar-refractivity contribution in [3.63, 3.8) is 0 Å². The van der Waals surface area contributed by atoms with Gasteiger partial charge in [0, 0.05) is 32.8 Å². The summed E-state index contributed by atoms with van der Waals surface area (Å²) in [5, 5.41) is 7.53. The SMILES string of the molecule is CCOc1cccc(CN2CCC(n3nccc3NC(=O)[C@H](OC)c3ccccc3)CC2)c1. The van der Waals surface area contributed by atoms with Crippen LogP contribution in [0.4, 0.5) is 5.82 Å². The zero-order valence-corrected chi connectivity index (χ0v) is 19.3. The predicted octanol–water partition coefficient (Wildman–Crippen LogP) is 4.45. The van der Waals surface area contributed by atoms with E-state index in [4.69, 9.17) is 9.47 Å². The molecule has 4 rings (SSSR count). The number of amides is 1. The quantitative estimate of drug-likeness (QED) is 0.524. The Labute approximate surface area is 195 Å². The third kappa shape index (κ3) is 5.80. The average Bonchev–Trinajstić information content (AvgIpc) is 3.29. The molecule has 33 heavy (non-hydrogen) atoms. The molecule has 1 N–H and O–H groups in total. The first kappa shape index (κ1) is 23.0. The van der Waals surface area contributed by atoms with Gasteiger partial charge in [0.25, 0.3) is 5.91 Å². The van der Waals surface area contributed by atoms with E-state index in [1.165, 1.54) is 5.56 Å². The van der Waals surface area contributed by atoms with Crippen molar-refractivity contribution in [3.05, 3.63) is 78.0 Å². The highest BCUT2D eigenvalue weighted by Crippen LogP contribution is 2.27. The number of nitrogens with zero attached hydrogens (tertiary/aromatic N) is 3. The largest absolute Gasteiger partial charge is 0.494 e. The molecule has 2 aromatic carbocycles. The molecule has 1 aromatic heterocycles. The molecule has 1 amide bonds. The zero-order chi connectivity index (χ0) is 23.0. The van der Waals surface area contributed by atoms with Crippen molar-refractivity contribution < 1.29 is 14.3 Å². The van der Waals surface area contributed by atoms with Crippen molar-refractivity contribution in [2.45, 2.75) is 38.5 Å². The molecule has 0 unspecified atom stereocenters. The number of likely N-dealkylation sites (tertiary alicyclic amines) is 1. The molecule has 0 aliphatic carbocycles. The zero-order valence-electron chi connectivity index (χ0n) is 19.3. The van der Waals surface area contributed by atoms with E-state index in [0.717, 1.165) is 43.8 Å². The molecule has 1 aliphatic heterocycles. The number of hydrogen-bond donors (Lipinski definition) is 1. The van der Waals surface area contributed by atoms with E-state index >= 15 is 0 Å². The van der Waals surface area contributed by atoms with Gasteiger partial charge in [0.15, 0.2) is 6.10 Å². The fourth-order valence-corrected chi connectivity index (χ4v) is 4.40. The molecule has 0 bridgehead atoms. The second-order valence-corrected chi connectivity index (χ2v) is 8.26. The highest BCUT2D eigenvalue weighted by atomic mass is 16.5. The molecule has 174 valence electrons. The summed E-state index contributed by atoms with van der Waals surface area (Å²) in [6.07, 6.45) is 3.03. The van der Waals surface area contributed by atoms with Crippen molar-refractivity contribution in [1.29, 1.82) is 0 Å². The lowest BCUT2D eigenvalue weighted by atomic mass is 10.0. The number of nitrogens with one attached hydrogen (secondary N) is 1. The number of rotatable bonds is 9. The van der Waals surface area contributed by atoms with Gasteiger partial charge >= 0.3 is 0 Å². The Morgan fingerprint density at radius 3 is 2.64 bits per heavy atom. The Morgan fingerprint density at radius 2 is 1.91 bits per heavy atom. The monoisotopic (exact) mass is 448 g/mol. The summed E-state index contributed by atoms with van der Waals surface area (Å²) >= 11 is 0. The van der Waals surface area contributed by atoms with E-state index < -0.39 is 6.10 Å². The Kier molecular flexibility index (Phi) is 7.75. The number of piperidine rings is 1. The summed E-state index contributed by atoms with van der Waals surface area (Å²) in [6.45, 7) is 5.53. The Morgan fingerprint density at radius 1 is 1.12 bits per heavy atom. The van der Waals surface area contributed by atoms with Gasteiger partial charge in [0.1, 0.15) is 11.6 Å². The van der Waals surface area contributed by atoms with Crippen LogP contribution in [0.5, 0.6) is 5.75 Å². The smallest absolute Gasteiger partial charge is 0.259 e. The standard InChI is InChI=1S/C26H32N4O3/c1-3-33-23-11-7-8-20(18-23)19-29-16-13-22(14-17-29)30-24(12-15-27-30)28-26(31)25(32-2)21-9-5-4-6-10-21/h4-12,15,18,22,25H,3,13-14,16-17,19H2,1-2H3,(H,28,31)/t25-/m1/s1. The fraction of sp³-hybridized carbons (Fsp3) is 0.385. The molecule has 2 heterocycles. The van der Waals surface area contributed by atoms with Crippen LogP contribution in [-0.2, 0) is 16.1 Å². The van der Waals surface area contributed by atoms with Crippen LogP contribution in [0.1, 0.15) is 43.0 Å². The van der Waals surface area contributed by atoms with Gasteiger partial charge in [-0.2, -0.15) is 5.10 Å². The lowest BCUT2D eigenvalue weighted by molar-refractivity contribution is -0.126. The summed E-state index contributed by atoms with van der Waals surface area (Å²) in [5.41, 5.74) is 2.09. The van der Waals surface area contributed by atoms with Gasteiger partial charge in [-0.05, 0) is 43.0 Å². The summed E-state index contributed by atoms with van der Waals surface area (Å²) in [6, 6.07) is 19.9. The van der Waals surface area contributed by atoms with Crippen molar-refractivity contribution in [3.8, 4) is 5.75 Å². The topological polar surface area (TPSA) is 68.6 Å². The van der Waals surface area contributed by atoms with Crippen LogP contribution in [-0.4, -0.2) is 47.4 Å². The van der Waals surface area contributed by atoms with Crippen molar-refractivity contribution in [2.24, 2.45) is 0 Å². The van der Waals surface area contributed by atoms with Crippen LogP contribution >= 0.6 is 0 Å². The summed E-state index contributed by atoms with van der Waals surface area (Å²) in [7, 11) is 1.55. The van der Waals surface area contributed by atoms with E-state index in [1.807, 2.05) is 54.1 Å². The van der Waals surface area contributed by atoms with Gasteiger partial charge in [-0.15, -0.1) is 0 Å². The molecule has 0 radical (unpaired) electrons. The minimum Gasteiger partial charge on any atom is -0.494 e. The first-order chi connectivity index (χ1) is 16.2. The number of anilines is 1. The lowest BCUT2D eigenvalue weighted by Crippen LogP contribution is -2.35. The Hall–Kier alpha value is -3.16. The normalized spacial score (nSPS) is 15.8. The maximum absolute atomic E-state index is 12.9. The van der Waals surface area contributed by atoms with Gasteiger partial charge in [0.2, 0.25) is 0 Å². The molecule has 1 saturated heterocycles. The van der Waals surface area contributed by atoms with Crippen molar-refractivity contribution in [2.75, 3.05) is 32.1 Å². The highest BCUT2D eigenvalue weighted by Gasteiger charge is 2.25. The second-order valence-electron chi connectivity index (χ2n) is 8.26. The van der Waals surface area contributed by atoms with E-state index in [0.29, 0.717) is 12.4 Å². The van der Waals surface area contributed by atoms with Crippen LogP contribution in [0.25, 0.3) is 0 Å². The number of aromatic nitrogens is 2. The van der Waals surface area contributed by atoms with E-state index in [-0.39, 0.29) is 11.9 Å². The highest BCUT2D eigenvalue weighted by molar-refractivity contribution is 5.94. The van der Waals surface area contributed by atoms with Gasteiger partial charge in [-0.1, -0.05) is 42.5 Å². The number of benzene rings is 2. The van der Waals surface area contributed by atoms with Gasteiger partial charge < -0.3 is 14.8 Å². The third-order valence-electron chi connectivity index (χ3n) is 6.02. The predicted molar refractivity (Wildman–Crippen MR) is 128 cm³/mol. The van der Waals surface area contributed by atoms with Crippen LogP contribution in [0.2, 0.25) is 0 Å². The van der Waals surface area contributed by atoms with Crippen LogP contribution in [0, 0.1) is 0 Å². The Balaban J connectivity index is 1.35. The number of ether oxygens (including phenoxy) is 2. The lowest BCUT2D eigenvalue weighted by Gasteiger charge is -2.32. The number of carbonyl (C=O) groups excluding carboxylic acids is 1. The number of carbonyl (C=O) groups is 1. The molecule has 1 atom stereocenters. The second kappa shape index (κ2) is 11.1. The maximum Gasteiger partial charge on any atom is 0.259 e. The van der Waals surface area contributed by atoms with E-state index in [9.17, 15) is 4.79 Å². The molecule has 0 saturated carbocycles. The fourth-order valence-electron chi connectivity index (χ4n) is 4.40. The molecular formula is C26H32N4O3. The van der Waals surface area contributed by atoms with Gasteiger partial charge in [-0.25, -0.2) is 4.68 Å². The number of methoxy groups -OCH3 is 1. The number of hydrogen-bond acceptors (Lipinski definition) is 5. The molecule has 7 heteroatoms. The summed E-state index contributed by atoms with van der Waals surface area (Å²) in [5.74, 6) is 1.43. The molecule has 0 spiro atoms. The molecule has 1 fully saturated rings. The molecule has 1 aliphatic rings. The first-order valence-electron chi connectivity index (χ1n) is 11.5. The third-order valence-corrected chi connectivity index (χ3v) is 6.02.